The second-order valence-electron chi connectivity index (χ2n) is 8.89. The standard InChI is InChI=1S/C24H31NO4S/c1-5-29-22-12-8-19(9-13-22)23(26)25(21-14-15-30(27,28)17-21)16-18-6-10-20(11-7-18)24(2,3)4/h6-13,21H,5,14-17H2,1-4H3/t21-/m0/s1. The van der Waals surface area contributed by atoms with Crippen molar-refractivity contribution in [3.8, 4) is 5.75 Å². The van der Waals surface area contributed by atoms with Gasteiger partial charge in [-0.05, 0) is 54.2 Å². The monoisotopic (exact) mass is 429 g/mol. The van der Waals surface area contributed by atoms with Crippen molar-refractivity contribution in [2.24, 2.45) is 0 Å². The molecule has 0 radical (unpaired) electrons. The maximum atomic E-state index is 13.3. The Kier molecular flexibility index (Phi) is 6.56. The Morgan fingerprint density at radius 1 is 1.07 bits per heavy atom. The quantitative estimate of drug-likeness (QED) is 0.690. The van der Waals surface area contributed by atoms with Crippen LogP contribution in [0.1, 0.15) is 55.6 Å². The molecule has 6 heteroatoms. The van der Waals surface area contributed by atoms with Crippen LogP contribution in [0.2, 0.25) is 0 Å². The number of amides is 1. The first-order valence-electron chi connectivity index (χ1n) is 10.4. The smallest absolute Gasteiger partial charge is 0.254 e. The van der Waals surface area contributed by atoms with Crippen LogP contribution >= 0.6 is 0 Å². The fraction of sp³-hybridized carbons (Fsp3) is 0.458. The number of hydrogen-bond donors (Lipinski definition) is 0. The number of nitrogens with zero attached hydrogens (tertiary/aromatic N) is 1. The van der Waals surface area contributed by atoms with Gasteiger partial charge in [0.2, 0.25) is 0 Å². The molecule has 1 aliphatic rings. The van der Waals surface area contributed by atoms with Crippen molar-refractivity contribution in [1.82, 2.24) is 4.90 Å². The zero-order chi connectivity index (χ0) is 21.9. The number of rotatable bonds is 6. The first kappa shape index (κ1) is 22.3. The van der Waals surface area contributed by atoms with Crippen LogP contribution in [0, 0.1) is 0 Å². The third-order valence-corrected chi connectivity index (χ3v) is 7.25. The van der Waals surface area contributed by atoms with Crippen LogP contribution in [0.25, 0.3) is 0 Å². The molecule has 5 nitrogen and oxygen atoms in total. The van der Waals surface area contributed by atoms with Crippen molar-refractivity contribution in [2.45, 2.75) is 52.1 Å². The number of carbonyl (C=O) groups excluding carboxylic acids is 1. The van der Waals surface area contributed by atoms with Crippen molar-refractivity contribution in [1.29, 1.82) is 0 Å². The van der Waals surface area contributed by atoms with Crippen LogP contribution < -0.4 is 4.74 Å². The highest BCUT2D eigenvalue weighted by atomic mass is 32.2. The van der Waals surface area contributed by atoms with Crippen LogP contribution in [0.5, 0.6) is 5.75 Å². The second kappa shape index (κ2) is 8.80. The molecule has 3 rings (SSSR count). The summed E-state index contributed by atoms with van der Waals surface area (Å²) in [6.45, 7) is 9.33. The average Bonchev–Trinajstić information content (AvgIpc) is 3.05. The summed E-state index contributed by atoms with van der Waals surface area (Å²) in [4.78, 5) is 15.0. The molecule has 2 aromatic carbocycles. The van der Waals surface area contributed by atoms with Crippen LogP contribution in [-0.2, 0) is 21.8 Å². The Morgan fingerprint density at radius 3 is 2.20 bits per heavy atom. The molecule has 1 atom stereocenters. The predicted molar refractivity (Wildman–Crippen MR) is 120 cm³/mol. The lowest BCUT2D eigenvalue weighted by molar-refractivity contribution is 0.0681. The normalized spacial score (nSPS) is 18.2. The van der Waals surface area contributed by atoms with Gasteiger partial charge in [0.25, 0.3) is 5.91 Å². The number of ether oxygens (including phenoxy) is 1. The molecule has 0 aromatic heterocycles. The van der Waals surface area contributed by atoms with Gasteiger partial charge in [-0.3, -0.25) is 4.79 Å². The van der Waals surface area contributed by atoms with E-state index in [0.717, 1.165) is 5.56 Å². The molecule has 0 bridgehead atoms. The van der Waals surface area contributed by atoms with E-state index in [9.17, 15) is 13.2 Å². The molecule has 30 heavy (non-hydrogen) atoms. The lowest BCUT2D eigenvalue weighted by atomic mass is 9.86. The van der Waals surface area contributed by atoms with Gasteiger partial charge in [0.1, 0.15) is 5.75 Å². The van der Waals surface area contributed by atoms with E-state index in [0.29, 0.717) is 30.9 Å². The van der Waals surface area contributed by atoms with E-state index < -0.39 is 9.84 Å². The fourth-order valence-electron chi connectivity index (χ4n) is 3.72. The van der Waals surface area contributed by atoms with Crippen molar-refractivity contribution >= 4 is 15.7 Å². The Morgan fingerprint density at radius 2 is 1.70 bits per heavy atom. The highest BCUT2D eigenvalue weighted by Crippen LogP contribution is 2.26. The van der Waals surface area contributed by atoms with Gasteiger partial charge in [0.05, 0.1) is 18.1 Å². The van der Waals surface area contributed by atoms with Crippen LogP contribution in [0.15, 0.2) is 48.5 Å². The summed E-state index contributed by atoms with van der Waals surface area (Å²) in [7, 11) is -3.10. The average molecular weight is 430 g/mol. The highest BCUT2D eigenvalue weighted by molar-refractivity contribution is 7.91. The predicted octanol–water partition coefficient (Wildman–Crippen LogP) is 4.21. The Hall–Kier alpha value is -2.34. The lowest BCUT2D eigenvalue weighted by Crippen LogP contribution is -2.40. The molecule has 0 N–H and O–H groups in total. The molecule has 1 fully saturated rings. The summed E-state index contributed by atoms with van der Waals surface area (Å²) >= 11 is 0. The Balaban J connectivity index is 1.86. The molecule has 0 aliphatic carbocycles. The summed E-state index contributed by atoms with van der Waals surface area (Å²) in [5.74, 6) is 0.714. The molecule has 1 amide bonds. The van der Waals surface area contributed by atoms with Crippen molar-refractivity contribution < 1.29 is 17.9 Å². The molecule has 1 heterocycles. The van der Waals surface area contributed by atoms with Gasteiger partial charge in [0.15, 0.2) is 9.84 Å². The van der Waals surface area contributed by atoms with Gasteiger partial charge in [0, 0.05) is 18.2 Å². The SMILES string of the molecule is CCOc1ccc(C(=O)N(Cc2ccc(C(C)(C)C)cc2)[C@H]2CCS(=O)(=O)C2)cc1. The zero-order valence-electron chi connectivity index (χ0n) is 18.2. The van der Waals surface area contributed by atoms with Crippen molar-refractivity contribution in [3.05, 3.63) is 65.2 Å². The first-order chi connectivity index (χ1) is 14.1. The van der Waals surface area contributed by atoms with E-state index in [1.807, 2.05) is 19.1 Å². The summed E-state index contributed by atoms with van der Waals surface area (Å²) in [6, 6.07) is 15.0. The largest absolute Gasteiger partial charge is 0.494 e. The molecule has 162 valence electrons. The Bertz CT molecular complexity index is 973. The molecule has 1 saturated heterocycles. The van der Waals surface area contributed by atoms with Gasteiger partial charge >= 0.3 is 0 Å². The molecular formula is C24H31NO4S. The van der Waals surface area contributed by atoms with Crippen molar-refractivity contribution in [3.63, 3.8) is 0 Å². The minimum absolute atomic E-state index is 0.0237. The maximum Gasteiger partial charge on any atom is 0.254 e. The number of carbonyl (C=O) groups is 1. The van der Waals surface area contributed by atoms with E-state index in [4.69, 9.17) is 4.74 Å². The summed E-state index contributed by atoms with van der Waals surface area (Å²) in [5, 5.41) is 0. The number of benzene rings is 2. The van der Waals surface area contributed by atoms with Gasteiger partial charge in [-0.15, -0.1) is 0 Å². The van der Waals surface area contributed by atoms with Gasteiger partial charge in [-0.1, -0.05) is 45.0 Å². The summed E-state index contributed by atoms with van der Waals surface area (Å²) in [5.41, 5.74) is 2.80. The van der Waals surface area contributed by atoms with E-state index in [1.54, 1.807) is 29.2 Å². The van der Waals surface area contributed by atoms with E-state index in [1.165, 1.54) is 5.56 Å². The number of hydrogen-bond acceptors (Lipinski definition) is 4. The van der Waals surface area contributed by atoms with Crippen molar-refractivity contribution in [2.75, 3.05) is 18.1 Å². The molecule has 0 saturated carbocycles. The summed E-state index contributed by atoms with van der Waals surface area (Å²) < 4.78 is 29.6. The van der Waals surface area contributed by atoms with Gasteiger partial charge < -0.3 is 9.64 Å². The van der Waals surface area contributed by atoms with E-state index in [2.05, 4.69) is 32.9 Å². The molecular weight excluding hydrogens is 398 g/mol. The maximum absolute atomic E-state index is 13.3. The van der Waals surface area contributed by atoms with Crippen LogP contribution in [0.3, 0.4) is 0 Å². The minimum atomic E-state index is -3.10. The van der Waals surface area contributed by atoms with E-state index in [-0.39, 0.29) is 28.9 Å². The first-order valence-corrected chi connectivity index (χ1v) is 12.2. The molecule has 0 unspecified atom stereocenters. The second-order valence-corrected chi connectivity index (χ2v) is 11.1. The van der Waals surface area contributed by atoms with Gasteiger partial charge in [-0.2, -0.15) is 0 Å². The molecule has 2 aromatic rings. The lowest BCUT2D eigenvalue weighted by Gasteiger charge is -2.29. The third kappa shape index (κ3) is 5.42. The molecule has 1 aliphatic heterocycles. The molecule has 0 spiro atoms. The Labute approximate surface area is 180 Å². The number of sulfone groups is 1. The third-order valence-electron chi connectivity index (χ3n) is 5.50. The zero-order valence-corrected chi connectivity index (χ0v) is 19.0. The van der Waals surface area contributed by atoms with Gasteiger partial charge in [-0.25, -0.2) is 8.42 Å². The fourth-order valence-corrected chi connectivity index (χ4v) is 5.45. The summed E-state index contributed by atoms with van der Waals surface area (Å²) in [6.07, 6.45) is 0.477. The van der Waals surface area contributed by atoms with Crippen LogP contribution in [0.4, 0.5) is 0 Å². The minimum Gasteiger partial charge on any atom is -0.494 e. The van der Waals surface area contributed by atoms with Crippen LogP contribution in [-0.4, -0.2) is 43.4 Å². The topological polar surface area (TPSA) is 63.7 Å². The van der Waals surface area contributed by atoms with E-state index >= 15 is 0 Å². The highest BCUT2D eigenvalue weighted by Gasteiger charge is 2.35.